The molecule has 1 aromatic heterocycles. The number of hydrogen-bond acceptors (Lipinski definition) is 4. The summed E-state index contributed by atoms with van der Waals surface area (Å²) in [7, 11) is 0. The number of carbonyl (C=O) groups excluding carboxylic acids is 1. The van der Waals surface area contributed by atoms with Gasteiger partial charge in [-0.1, -0.05) is 24.3 Å². The molecule has 0 radical (unpaired) electrons. The standard InChI is InChI=1S/C15H16N2O3S/c1-9-5-3-4-6-11(9)13(7-14(18)19)16-15(20)12-8-21-17-10(12)2/h3-6,8,13H,7H2,1-2H3,(H,16,20)(H,18,19). The normalized spacial score (nSPS) is 11.9. The maximum absolute atomic E-state index is 12.3. The third-order valence-electron chi connectivity index (χ3n) is 3.24. The highest BCUT2D eigenvalue weighted by Gasteiger charge is 2.21. The zero-order valence-electron chi connectivity index (χ0n) is 11.8. The summed E-state index contributed by atoms with van der Waals surface area (Å²) >= 11 is 1.21. The Morgan fingerprint density at radius 3 is 2.62 bits per heavy atom. The van der Waals surface area contributed by atoms with Crippen LogP contribution in [0.2, 0.25) is 0 Å². The fraction of sp³-hybridized carbons (Fsp3) is 0.267. The molecule has 5 nitrogen and oxygen atoms in total. The van der Waals surface area contributed by atoms with Crippen LogP contribution >= 0.6 is 11.5 Å². The smallest absolute Gasteiger partial charge is 0.305 e. The van der Waals surface area contributed by atoms with E-state index in [9.17, 15) is 9.59 Å². The Morgan fingerprint density at radius 1 is 1.33 bits per heavy atom. The minimum absolute atomic E-state index is 0.160. The number of aryl methyl sites for hydroxylation is 2. The molecule has 1 amide bonds. The number of rotatable bonds is 5. The summed E-state index contributed by atoms with van der Waals surface area (Å²) in [6.45, 7) is 3.65. The van der Waals surface area contributed by atoms with Crippen molar-refractivity contribution in [1.82, 2.24) is 9.69 Å². The number of amides is 1. The quantitative estimate of drug-likeness (QED) is 0.890. The van der Waals surface area contributed by atoms with Crippen molar-refractivity contribution in [1.29, 1.82) is 0 Å². The van der Waals surface area contributed by atoms with Crippen molar-refractivity contribution in [2.75, 3.05) is 0 Å². The minimum Gasteiger partial charge on any atom is -0.481 e. The van der Waals surface area contributed by atoms with Crippen LogP contribution in [0.15, 0.2) is 29.6 Å². The Labute approximate surface area is 126 Å². The molecule has 0 bridgehead atoms. The Morgan fingerprint density at radius 2 is 2.05 bits per heavy atom. The van der Waals surface area contributed by atoms with Gasteiger partial charge in [-0.25, -0.2) is 0 Å². The molecule has 0 saturated heterocycles. The Hall–Kier alpha value is -2.21. The van der Waals surface area contributed by atoms with Crippen LogP contribution in [0.3, 0.4) is 0 Å². The van der Waals surface area contributed by atoms with Crippen molar-refractivity contribution in [3.05, 3.63) is 52.0 Å². The topological polar surface area (TPSA) is 79.3 Å². The number of carboxylic acids is 1. The van der Waals surface area contributed by atoms with E-state index in [1.54, 1.807) is 12.3 Å². The van der Waals surface area contributed by atoms with E-state index in [-0.39, 0.29) is 12.3 Å². The number of nitrogens with one attached hydrogen (secondary N) is 1. The summed E-state index contributed by atoms with van der Waals surface area (Å²) in [5, 5.41) is 13.5. The second-order valence-electron chi connectivity index (χ2n) is 4.79. The van der Waals surface area contributed by atoms with Gasteiger partial charge in [-0.15, -0.1) is 0 Å². The zero-order chi connectivity index (χ0) is 15.4. The zero-order valence-corrected chi connectivity index (χ0v) is 12.6. The predicted molar refractivity (Wildman–Crippen MR) is 80.5 cm³/mol. The van der Waals surface area contributed by atoms with Crippen LogP contribution in [0.5, 0.6) is 0 Å². The van der Waals surface area contributed by atoms with E-state index in [4.69, 9.17) is 5.11 Å². The number of aliphatic carboxylic acids is 1. The SMILES string of the molecule is Cc1ccccc1C(CC(=O)O)NC(=O)c1csnc1C. The van der Waals surface area contributed by atoms with Crippen LogP contribution in [0, 0.1) is 13.8 Å². The molecule has 2 N–H and O–H groups in total. The highest BCUT2D eigenvalue weighted by atomic mass is 32.1. The van der Waals surface area contributed by atoms with Gasteiger partial charge in [0.15, 0.2) is 0 Å². The molecule has 2 aromatic rings. The van der Waals surface area contributed by atoms with Gasteiger partial charge in [0.2, 0.25) is 0 Å². The predicted octanol–water partition coefficient (Wildman–Crippen LogP) is 2.71. The first-order chi connectivity index (χ1) is 9.99. The van der Waals surface area contributed by atoms with Crippen LogP contribution in [-0.2, 0) is 4.79 Å². The fourth-order valence-electron chi connectivity index (χ4n) is 2.14. The summed E-state index contributed by atoms with van der Waals surface area (Å²) in [5.41, 5.74) is 2.90. The summed E-state index contributed by atoms with van der Waals surface area (Å²) in [4.78, 5) is 23.3. The Kier molecular flexibility index (Phi) is 4.70. The van der Waals surface area contributed by atoms with Crippen LogP contribution < -0.4 is 5.32 Å². The van der Waals surface area contributed by atoms with E-state index in [1.807, 2.05) is 31.2 Å². The summed E-state index contributed by atoms with van der Waals surface area (Å²) in [6.07, 6.45) is -0.160. The van der Waals surface area contributed by atoms with Gasteiger partial charge in [-0.3, -0.25) is 9.59 Å². The third kappa shape index (κ3) is 3.66. The lowest BCUT2D eigenvalue weighted by Crippen LogP contribution is -2.30. The lowest BCUT2D eigenvalue weighted by atomic mass is 9.98. The van der Waals surface area contributed by atoms with Crippen molar-refractivity contribution in [2.45, 2.75) is 26.3 Å². The molecule has 0 fully saturated rings. The van der Waals surface area contributed by atoms with E-state index in [0.29, 0.717) is 11.3 Å². The van der Waals surface area contributed by atoms with Crippen molar-refractivity contribution >= 4 is 23.4 Å². The van der Waals surface area contributed by atoms with Gasteiger partial charge in [0.1, 0.15) is 0 Å². The van der Waals surface area contributed by atoms with E-state index < -0.39 is 12.0 Å². The van der Waals surface area contributed by atoms with Gasteiger partial charge in [0, 0.05) is 5.38 Å². The molecule has 0 aliphatic rings. The molecular formula is C15H16N2O3S. The molecule has 0 aliphatic heterocycles. The molecule has 1 aromatic carbocycles. The number of hydrogen-bond donors (Lipinski definition) is 2. The molecule has 0 spiro atoms. The summed E-state index contributed by atoms with van der Waals surface area (Å²) in [6, 6.07) is 6.89. The molecule has 0 saturated carbocycles. The number of carbonyl (C=O) groups is 2. The first-order valence-corrected chi connectivity index (χ1v) is 7.32. The maximum Gasteiger partial charge on any atom is 0.305 e. The first kappa shape index (κ1) is 15.2. The second-order valence-corrected chi connectivity index (χ2v) is 5.42. The average molecular weight is 304 g/mol. The molecule has 2 rings (SSSR count). The van der Waals surface area contributed by atoms with Gasteiger partial charge in [-0.05, 0) is 36.5 Å². The second kappa shape index (κ2) is 6.49. The lowest BCUT2D eigenvalue weighted by Gasteiger charge is -2.19. The molecule has 6 heteroatoms. The van der Waals surface area contributed by atoms with Crippen molar-refractivity contribution in [2.24, 2.45) is 0 Å². The largest absolute Gasteiger partial charge is 0.481 e. The van der Waals surface area contributed by atoms with Crippen molar-refractivity contribution in [3.8, 4) is 0 Å². The third-order valence-corrected chi connectivity index (χ3v) is 3.96. The molecule has 110 valence electrons. The molecular weight excluding hydrogens is 288 g/mol. The Balaban J connectivity index is 2.25. The first-order valence-electron chi connectivity index (χ1n) is 6.48. The number of carboxylic acid groups (broad SMARTS) is 1. The van der Waals surface area contributed by atoms with E-state index >= 15 is 0 Å². The molecule has 0 aliphatic carbocycles. The van der Waals surface area contributed by atoms with Crippen LogP contribution in [-0.4, -0.2) is 21.4 Å². The highest BCUT2D eigenvalue weighted by Crippen LogP contribution is 2.22. The van der Waals surface area contributed by atoms with Crippen LogP contribution in [0.1, 0.15) is 39.6 Å². The average Bonchev–Trinajstić information content (AvgIpc) is 2.84. The van der Waals surface area contributed by atoms with E-state index in [1.165, 1.54) is 11.5 Å². The fourth-order valence-corrected chi connectivity index (χ4v) is 2.83. The summed E-state index contributed by atoms with van der Waals surface area (Å²) < 4.78 is 4.06. The molecule has 21 heavy (non-hydrogen) atoms. The van der Waals surface area contributed by atoms with Crippen LogP contribution in [0.4, 0.5) is 0 Å². The van der Waals surface area contributed by atoms with Gasteiger partial charge in [0.25, 0.3) is 5.91 Å². The summed E-state index contributed by atoms with van der Waals surface area (Å²) in [5.74, 6) is -1.25. The molecule has 1 unspecified atom stereocenters. The molecule has 1 heterocycles. The number of aromatic nitrogens is 1. The molecule has 1 atom stereocenters. The van der Waals surface area contributed by atoms with Crippen LogP contribution in [0.25, 0.3) is 0 Å². The van der Waals surface area contributed by atoms with Crippen molar-refractivity contribution in [3.63, 3.8) is 0 Å². The monoisotopic (exact) mass is 304 g/mol. The maximum atomic E-state index is 12.3. The number of benzene rings is 1. The van der Waals surface area contributed by atoms with E-state index in [0.717, 1.165) is 11.1 Å². The van der Waals surface area contributed by atoms with Gasteiger partial charge in [-0.2, -0.15) is 4.37 Å². The van der Waals surface area contributed by atoms with Crippen molar-refractivity contribution < 1.29 is 14.7 Å². The highest BCUT2D eigenvalue weighted by molar-refractivity contribution is 7.03. The van der Waals surface area contributed by atoms with E-state index in [2.05, 4.69) is 9.69 Å². The van der Waals surface area contributed by atoms with Gasteiger partial charge < -0.3 is 10.4 Å². The number of nitrogens with zero attached hydrogens (tertiary/aromatic N) is 1. The lowest BCUT2D eigenvalue weighted by molar-refractivity contribution is -0.137. The minimum atomic E-state index is -0.955. The van der Waals surface area contributed by atoms with Gasteiger partial charge in [0.05, 0.1) is 23.7 Å². The Bertz CT molecular complexity index is 666. The van der Waals surface area contributed by atoms with Gasteiger partial charge >= 0.3 is 5.97 Å².